The van der Waals surface area contributed by atoms with E-state index in [-0.39, 0.29) is 5.75 Å². The molecule has 8 heteroatoms. The number of nitrogens with zero attached hydrogens (tertiary/aromatic N) is 4. The highest BCUT2D eigenvalue weighted by Crippen LogP contribution is 2.22. The highest BCUT2D eigenvalue weighted by atomic mass is 32.2. The maximum absolute atomic E-state index is 10.2. The lowest BCUT2D eigenvalue weighted by Gasteiger charge is -2.04. The molecule has 0 saturated heterocycles. The topological polar surface area (TPSA) is 95.7 Å². The van der Waals surface area contributed by atoms with Gasteiger partial charge in [-0.05, 0) is 44.1 Å². The molecular formula is C14H19N5OS2. The third-order valence-electron chi connectivity index (χ3n) is 2.57. The van der Waals surface area contributed by atoms with E-state index in [2.05, 4.69) is 20.4 Å². The predicted molar refractivity (Wildman–Crippen MR) is 99.8 cm³/mol. The lowest BCUT2D eigenvalue weighted by molar-refractivity contribution is 0.473. The van der Waals surface area contributed by atoms with Crippen LogP contribution in [0, 0.1) is 6.92 Å². The molecule has 0 atom stereocenters. The first-order valence-corrected chi connectivity index (χ1v) is 8.78. The standard InChI is InChI=1S/C14H19N5OS2/c1-9-5-11(7-16-18-10(2)21-3)13(20)12(6-9)8-17-19-14(15)22-4/h5-8,20H,1-4H3,(H2,15,19)/b16-7+,17-8+,18-10+. The van der Waals surface area contributed by atoms with E-state index in [0.717, 1.165) is 10.6 Å². The lowest BCUT2D eigenvalue weighted by atomic mass is 10.1. The molecule has 1 aromatic rings. The van der Waals surface area contributed by atoms with Gasteiger partial charge in [-0.2, -0.15) is 10.2 Å². The van der Waals surface area contributed by atoms with Gasteiger partial charge in [0.15, 0.2) is 5.17 Å². The Morgan fingerprint density at radius 2 is 1.64 bits per heavy atom. The number of benzene rings is 1. The zero-order valence-electron chi connectivity index (χ0n) is 12.9. The molecular weight excluding hydrogens is 318 g/mol. The second kappa shape index (κ2) is 9.26. The van der Waals surface area contributed by atoms with Crippen molar-refractivity contribution in [1.29, 1.82) is 0 Å². The summed E-state index contributed by atoms with van der Waals surface area (Å²) in [5.74, 6) is 0.0769. The number of thioether (sulfide) groups is 2. The Morgan fingerprint density at radius 3 is 2.14 bits per heavy atom. The number of rotatable bonds is 4. The van der Waals surface area contributed by atoms with Crippen LogP contribution in [0.25, 0.3) is 0 Å². The highest BCUT2D eigenvalue weighted by molar-refractivity contribution is 8.13. The van der Waals surface area contributed by atoms with Gasteiger partial charge in [0.05, 0.1) is 17.5 Å². The van der Waals surface area contributed by atoms with Crippen molar-refractivity contribution < 1.29 is 5.11 Å². The number of nitrogens with two attached hydrogens (primary N) is 1. The second-order valence-electron chi connectivity index (χ2n) is 4.25. The van der Waals surface area contributed by atoms with Crippen molar-refractivity contribution in [2.24, 2.45) is 26.1 Å². The van der Waals surface area contributed by atoms with Crippen LogP contribution in [0.3, 0.4) is 0 Å². The number of phenolic OH excluding ortho intramolecular Hbond substituents is 1. The largest absolute Gasteiger partial charge is 0.507 e. The summed E-state index contributed by atoms with van der Waals surface area (Å²) >= 11 is 2.81. The summed E-state index contributed by atoms with van der Waals surface area (Å²) in [6.07, 6.45) is 6.70. The van der Waals surface area contributed by atoms with Crippen LogP contribution in [0.15, 0.2) is 32.5 Å². The third-order valence-corrected chi connectivity index (χ3v) is 3.74. The number of aryl methyl sites for hydroxylation is 1. The molecule has 0 bridgehead atoms. The molecule has 0 amide bonds. The monoisotopic (exact) mass is 337 g/mol. The van der Waals surface area contributed by atoms with Gasteiger partial charge >= 0.3 is 0 Å². The van der Waals surface area contributed by atoms with Gasteiger partial charge in [-0.15, -0.1) is 22.0 Å². The zero-order chi connectivity index (χ0) is 16.5. The molecule has 118 valence electrons. The Morgan fingerprint density at radius 1 is 1.09 bits per heavy atom. The molecule has 0 heterocycles. The fourth-order valence-corrected chi connectivity index (χ4v) is 1.69. The molecule has 6 nitrogen and oxygen atoms in total. The molecule has 22 heavy (non-hydrogen) atoms. The quantitative estimate of drug-likeness (QED) is 0.501. The molecule has 3 N–H and O–H groups in total. The summed E-state index contributed by atoms with van der Waals surface area (Å²) in [6.45, 7) is 3.79. The van der Waals surface area contributed by atoms with Gasteiger partial charge in [-0.1, -0.05) is 11.8 Å². The first kappa shape index (κ1) is 18.2. The van der Waals surface area contributed by atoms with Crippen molar-refractivity contribution in [2.45, 2.75) is 13.8 Å². The molecule has 0 aliphatic carbocycles. The van der Waals surface area contributed by atoms with E-state index in [1.54, 1.807) is 6.07 Å². The summed E-state index contributed by atoms with van der Waals surface area (Å²) in [6, 6.07) is 3.62. The van der Waals surface area contributed by atoms with Gasteiger partial charge in [0.25, 0.3) is 0 Å². The fraction of sp³-hybridized carbons (Fsp3) is 0.286. The van der Waals surface area contributed by atoms with Gasteiger partial charge < -0.3 is 10.8 Å². The Bertz CT molecular complexity index is 587. The van der Waals surface area contributed by atoms with Gasteiger partial charge in [0, 0.05) is 11.1 Å². The Hall–Kier alpha value is -1.80. The van der Waals surface area contributed by atoms with Gasteiger partial charge in [-0.25, -0.2) is 0 Å². The van der Waals surface area contributed by atoms with Crippen LogP contribution in [-0.2, 0) is 0 Å². The molecule has 0 aliphatic rings. The Labute approximate surface area is 138 Å². The second-order valence-corrected chi connectivity index (χ2v) is 6.07. The molecule has 1 rings (SSSR count). The predicted octanol–water partition coefficient (Wildman–Crippen LogP) is 2.83. The number of amidine groups is 1. The summed E-state index contributed by atoms with van der Waals surface area (Å²) in [7, 11) is 0. The molecule has 0 unspecified atom stereocenters. The minimum absolute atomic E-state index is 0.0769. The molecule has 0 saturated carbocycles. The Balaban J connectivity index is 3.07. The molecule has 0 spiro atoms. The van der Waals surface area contributed by atoms with Crippen LogP contribution in [-0.4, -0.2) is 40.3 Å². The van der Waals surface area contributed by atoms with Crippen molar-refractivity contribution >= 4 is 46.2 Å². The van der Waals surface area contributed by atoms with Crippen molar-refractivity contribution in [2.75, 3.05) is 12.5 Å². The van der Waals surface area contributed by atoms with Crippen molar-refractivity contribution in [3.63, 3.8) is 0 Å². The normalized spacial score (nSPS) is 13.5. The zero-order valence-corrected chi connectivity index (χ0v) is 14.6. The van der Waals surface area contributed by atoms with Crippen LogP contribution in [0.4, 0.5) is 0 Å². The van der Waals surface area contributed by atoms with Gasteiger partial charge in [0.1, 0.15) is 5.75 Å². The van der Waals surface area contributed by atoms with Crippen molar-refractivity contribution in [3.05, 3.63) is 28.8 Å². The van der Waals surface area contributed by atoms with Crippen molar-refractivity contribution in [1.82, 2.24) is 0 Å². The first-order chi connectivity index (χ1) is 10.5. The van der Waals surface area contributed by atoms with E-state index in [0.29, 0.717) is 16.3 Å². The Kier molecular flexibility index (Phi) is 7.69. The van der Waals surface area contributed by atoms with Crippen LogP contribution in [0.5, 0.6) is 5.75 Å². The highest BCUT2D eigenvalue weighted by Gasteiger charge is 2.05. The average Bonchev–Trinajstić information content (AvgIpc) is 2.50. The smallest absolute Gasteiger partial charge is 0.180 e. The van der Waals surface area contributed by atoms with Crippen LogP contribution in [0.1, 0.15) is 23.6 Å². The van der Waals surface area contributed by atoms with Crippen LogP contribution >= 0.6 is 23.5 Å². The first-order valence-electron chi connectivity index (χ1n) is 6.33. The summed E-state index contributed by atoms with van der Waals surface area (Å²) in [5, 5.41) is 27.0. The van der Waals surface area contributed by atoms with Gasteiger partial charge in [-0.3, -0.25) is 0 Å². The molecule has 1 aromatic carbocycles. The van der Waals surface area contributed by atoms with Crippen molar-refractivity contribution in [3.8, 4) is 5.75 Å². The summed E-state index contributed by atoms with van der Waals surface area (Å²) < 4.78 is 0. The van der Waals surface area contributed by atoms with E-state index in [1.165, 1.54) is 36.0 Å². The van der Waals surface area contributed by atoms with E-state index >= 15 is 0 Å². The van der Waals surface area contributed by atoms with Gasteiger partial charge in [0.2, 0.25) is 0 Å². The van der Waals surface area contributed by atoms with Crippen LogP contribution in [0.2, 0.25) is 0 Å². The average molecular weight is 337 g/mol. The summed E-state index contributed by atoms with van der Waals surface area (Å²) in [4.78, 5) is 0. The number of aromatic hydroxyl groups is 1. The minimum atomic E-state index is 0.0769. The number of phenols is 1. The molecule has 0 fully saturated rings. The maximum Gasteiger partial charge on any atom is 0.180 e. The number of hydrogen-bond donors (Lipinski definition) is 2. The number of hydrogen-bond acceptors (Lipinski definition) is 7. The van der Waals surface area contributed by atoms with E-state index < -0.39 is 0 Å². The van der Waals surface area contributed by atoms with E-state index in [4.69, 9.17) is 5.73 Å². The minimum Gasteiger partial charge on any atom is -0.507 e. The lowest BCUT2D eigenvalue weighted by Crippen LogP contribution is -2.04. The SMILES string of the molecule is CS/C(C)=N/N=C/c1cc(C)cc(/C=N/N=C(\N)SC)c1O. The molecule has 0 aliphatic heterocycles. The summed E-state index contributed by atoms with van der Waals surface area (Å²) in [5.41, 5.74) is 7.62. The third kappa shape index (κ3) is 5.90. The van der Waals surface area contributed by atoms with E-state index in [9.17, 15) is 5.11 Å². The molecule has 0 aromatic heterocycles. The fourth-order valence-electron chi connectivity index (χ4n) is 1.43. The molecule has 0 radical (unpaired) electrons. The van der Waals surface area contributed by atoms with Crippen LogP contribution < -0.4 is 5.73 Å². The maximum atomic E-state index is 10.2. The van der Waals surface area contributed by atoms with E-state index in [1.807, 2.05) is 32.4 Å².